The van der Waals surface area contributed by atoms with Crippen molar-refractivity contribution in [3.8, 4) is 0 Å². The van der Waals surface area contributed by atoms with Gasteiger partial charge in [0, 0.05) is 12.2 Å². The predicted octanol–water partition coefficient (Wildman–Crippen LogP) is 2.81. The Morgan fingerprint density at radius 3 is 2.95 bits per heavy atom. The fraction of sp³-hybridized carbons (Fsp3) is 0.600. The highest BCUT2D eigenvalue weighted by atomic mass is 35.5. The third-order valence-corrected chi connectivity index (χ3v) is 4.82. The van der Waals surface area contributed by atoms with Gasteiger partial charge in [0.25, 0.3) is 0 Å². The average Bonchev–Trinajstić information content (AvgIpc) is 2.48. The lowest BCUT2D eigenvalue weighted by atomic mass is 9.77. The van der Waals surface area contributed by atoms with Crippen LogP contribution in [-0.2, 0) is 0 Å². The maximum Gasteiger partial charge on any atom is 0.183 e. The molecule has 1 aromatic rings. The number of Topliss-reactive ketones (excluding diaryl/α,β-unsaturated/α-hetero) is 1. The van der Waals surface area contributed by atoms with Gasteiger partial charge in [-0.15, -0.1) is 0 Å². The summed E-state index contributed by atoms with van der Waals surface area (Å²) in [6, 6.07) is 1.97. The number of nitrogens with two attached hydrogens (primary N) is 1. The van der Waals surface area contributed by atoms with Gasteiger partial charge in [0.2, 0.25) is 0 Å². The Morgan fingerprint density at radius 2 is 2.10 bits per heavy atom. The van der Waals surface area contributed by atoms with E-state index in [1.165, 1.54) is 31.9 Å². The number of nitrogen functional groups attached to an aromatic ring is 1. The van der Waals surface area contributed by atoms with Gasteiger partial charge in [-0.25, -0.2) is 4.98 Å². The van der Waals surface area contributed by atoms with Crippen LogP contribution in [0.1, 0.15) is 48.9 Å². The Balaban J connectivity index is 1.76. The summed E-state index contributed by atoms with van der Waals surface area (Å²) in [5, 5.41) is 3.98. The first-order valence-corrected chi connectivity index (χ1v) is 7.74. The van der Waals surface area contributed by atoms with Crippen molar-refractivity contribution >= 4 is 23.2 Å². The summed E-state index contributed by atoms with van der Waals surface area (Å²) in [5.41, 5.74) is 6.26. The Kier molecular flexibility index (Phi) is 3.94. The summed E-state index contributed by atoms with van der Waals surface area (Å²) >= 11 is 5.92. The summed E-state index contributed by atoms with van der Waals surface area (Å²) in [5.74, 6) is 1.04. The molecular weight excluding hydrogens is 274 g/mol. The molecule has 2 heterocycles. The van der Waals surface area contributed by atoms with E-state index >= 15 is 0 Å². The normalized spacial score (nSPS) is 29.8. The van der Waals surface area contributed by atoms with Crippen LogP contribution in [0.25, 0.3) is 0 Å². The number of nitrogens with zero attached hydrogens (tertiary/aromatic N) is 1. The van der Waals surface area contributed by atoms with Gasteiger partial charge in [0.1, 0.15) is 5.82 Å². The third-order valence-electron chi connectivity index (χ3n) is 4.62. The molecule has 5 heteroatoms. The quantitative estimate of drug-likeness (QED) is 0.823. The van der Waals surface area contributed by atoms with Crippen molar-refractivity contribution < 1.29 is 4.79 Å². The van der Waals surface area contributed by atoms with Gasteiger partial charge in [-0.05, 0) is 37.7 Å². The summed E-state index contributed by atoms with van der Waals surface area (Å²) in [6.07, 6.45) is 8.53. The number of nitrogens with one attached hydrogen (secondary N) is 1. The lowest BCUT2D eigenvalue weighted by Crippen LogP contribution is -2.52. The molecule has 3 N–H and O–H groups in total. The van der Waals surface area contributed by atoms with E-state index < -0.39 is 0 Å². The van der Waals surface area contributed by atoms with Crippen LogP contribution in [0, 0.1) is 5.92 Å². The van der Waals surface area contributed by atoms with Crippen LogP contribution in [0.5, 0.6) is 0 Å². The summed E-state index contributed by atoms with van der Waals surface area (Å²) < 4.78 is 0. The van der Waals surface area contributed by atoms with Crippen LogP contribution in [0.15, 0.2) is 12.3 Å². The number of piperidine rings is 1. The number of halogens is 1. The highest BCUT2D eigenvalue weighted by Crippen LogP contribution is 2.33. The van der Waals surface area contributed by atoms with Gasteiger partial charge in [-0.2, -0.15) is 0 Å². The third kappa shape index (κ3) is 2.67. The molecule has 1 aromatic heterocycles. The zero-order valence-electron chi connectivity index (χ0n) is 11.4. The maximum absolute atomic E-state index is 12.6. The SMILES string of the molecule is Nc1ncc(Cl)cc1C(=O)C1CCC2CCCCC2N1. The smallest absolute Gasteiger partial charge is 0.183 e. The summed E-state index contributed by atoms with van der Waals surface area (Å²) in [7, 11) is 0. The fourth-order valence-corrected chi connectivity index (χ4v) is 3.69. The van der Waals surface area contributed by atoms with Crippen molar-refractivity contribution in [2.45, 2.75) is 50.6 Å². The van der Waals surface area contributed by atoms with Crippen LogP contribution >= 0.6 is 11.6 Å². The van der Waals surface area contributed by atoms with Crippen molar-refractivity contribution in [1.82, 2.24) is 10.3 Å². The Labute approximate surface area is 124 Å². The van der Waals surface area contributed by atoms with Crippen LogP contribution in [0.2, 0.25) is 5.02 Å². The van der Waals surface area contributed by atoms with Crippen LogP contribution in [0.3, 0.4) is 0 Å². The number of hydrogen-bond donors (Lipinski definition) is 2. The number of rotatable bonds is 2. The highest BCUT2D eigenvalue weighted by molar-refractivity contribution is 6.31. The van der Waals surface area contributed by atoms with Crippen molar-refractivity contribution in [3.05, 3.63) is 22.8 Å². The monoisotopic (exact) mass is 293 g/mol. The molecule has 3 rings (SSSR count). The molecular formula is C15H20ClN3O. The van der Waals surface area contributed by atoms with Crippen LogP contribution in [0.4, 0.5) is 5.82 Å². The fourth-order valence-electron chi connectivity index (χ4n) is 3.54. The number of ketones is 1. The van der Waals surface area contributed by atoms with Gasteiger partial charge in [-0.3, -0.25) is 4.79 Å². The Morgan fingerprint density at radius 1 is 1.30 bits per heavy atom. The molecule has 2 fully saturated rings. The molecule has 3 unspecified atom stereocenters. The number of carbonyl (C=O) groups excluding carboxylic acids is 1. The van der Waals surface area contributed by atoms with Crippen molar-refractivity contribution in [1.29, 1.82) is 0 Å². The molecule has 0 radical (unpaired) electrons. The molecule has 1 aliphatic heterocycles. The first-order chi connectivity index (χ1) is 9.65. The molecule has 1 aliphatic carbocycles. The molecule has 2 aliphatic rings. The van der Waals surface area contributed by atoms with Crippen molar-refractivity contribution in [2.75, 3.05) is 5.73 Å². The number of pyridine rings is 1. The minimum absolute atomic E-state index is 0.0292. The Hall–Kier alpha value is -1.13. The molecule has 1 saturated carbocycles. The largest absolute Gasteiger partial charge is 0.383 e. The Bertz CT molecular complexity index is 520. The van der Waals surface area contributed by atoms with Gasteiger partial charge < -0.3 is 11.1 Å². The van der Waals surface area contributed by atoms with E-state index in [0.29, 0.717) is 16.6 Å². The van der Waals surface area contributed by atoms with E-state index in [0.717, 1.165) is 18.8 Å². The second kappa shape index (κ2) is 5.70. The van der Waals surface area contributed by atoms with E-state index in [4.69, 9.17) is 17.3 Å². The van der Waals surface area contributed by atoms with E-state index in [9.17, 15) is 4.79 Å². The lowest BCUT2D eigenvalue weighted by molar-refractivity contribution is 0.0862. The van der Waals surface area contributed by atoms with Gasteiger partial charge in [0.05, 0.1) is 16.6 Å². The number of fused-ring (bicyclic) bond motifs is 1. The van der Waals surface area contributed by atoms with Gasteiger partial charge in [0.15, 0.2) is 5.78 Å². The molecule has 0 amide bonds. The molecule has 1 saturated heterocycles. The molecule has 3 atom stereocenters. The summed E-state index contributed by atoms with van der Waals surface area (Å²) in [6.45, 7) is 0. The maximum atomic E-state index is 12.6. The number of aromatic nitrogens is 1. The number of anilines is 1. The van der Waals surface area contributed by atoms with Crippen LogP contribution in [-0.4, -0.2) is 22.9 Å². The molecule has 20 heavy (non-hydrogen) atoms. The second-order valence-corrected chi connectivity index (χ2v) is 6.33. The molecule has 0 spiro atoms. The van der Waals surface area contributed by atoms with Crippen molar-refractivity contribution in [2.24, 2.45) is 5.92 Å². The minimum atomic E-state index is -0.142. The van der Waals surface area contributed by atoms with Crippen LogP contribution < -0.4 is 11.1 Å². The van der Waals surface area contributed by atoms with Crippen molar-refractivity contribution in [3.63, 3.8) is 0 Å². The first kappa shape index (κ1) is 13.8. The van der Waals surface area contributed by atoms with Gasteiger partial charge in [-0.1, -0.05) is 24.4 Å². The molecule has 0 bridgehead atoms. The minimum Gasteiger partial charge on any atom is -0.383 e. The molecule has 108 valence electrons. The van der Waals surface area contributed by atoms with Gasteiger partial charge >= 0.3 is 0 Å². The number of hydrogen-bond acceptors (Lipinski definition) is 4. The average molecular weight is 294 g/mol. The molecule has 4 nitrogen and oxygen atoms in total. The highest BCUT2D eigenvalue weighted by Gasteiger charge is 2.35. The van der Waals surface area contributed by atoms with E-state index in [1.54, 1.807) is 6.07 Å². The van der Waals surface area contributed by atoms with E-state index in [-0.39, 0.29) is 17.6 Å². The number of carbonyl (C=O) groups is 1. The second-order valence-electron chi connectivity index (χ2n) is 5.90. The standard InChI is InChI=1S/C15H20ClN3O/c16-10-7-11(15(17)18-8-10)14(20)13-6-5-9-3-1-2-4-12(9)19-13/h7-9,12-13,19H,1-6H2,(H2,17,18). The first-order valence-electron chi connectivity index (χ1n) is 7.36. The topological polar surface area (TPSA) is 68.0 Å². The van der Waals surface area contributed by atoms with E-state index in [1.807, 2.05) is 0 Å². The summed E-state index contributed by atoms with van der Waals surface area (Å²) in [4.78, 5) is 16.6. The predicted molar refractivity (Wildman–Crippen MR) is 79.9 cm³/mol. The van der Waals surface area contributed by atoms with E-state index in [2.05, 4.69) is 10.3 Å². The molecule has 0 aromatic carbocycles. The zero-order valence-corrected chi connectivity index (χ0v) is 12.2. The lowest BCUT2D eigenvalue weighted by Gasteiger charge is -2.40. The zero-order chi connectivity index (χ0) is 14.1.